The van der Waals surface area contributed by atoms with Gasteiger partial charge in [0.2, 0.25) is 0 Å². The molecule has 2 nitrogen and oxygen atoms in total. The first-order valence-electron chi connectivity index (χ1n) is 10.1. The molecule has 24 heavy (non-hydrogen) atoms. The van der Waals surface area contributed by atoms with Crippen LogP contribution in [0.2, 0.25) is 6.32 Å². The molecule has 1 unspecified atom stereocenters. The number of unbranched alkanes of at least 4 members (excludes halogenated alkanes) is 10. The summed E-state index contributed by atoms with van der Waals surface area (Å²) in [4.78, 5) is 11.4. The van der Waals surface area contributed by atoms with Crippen molar-refractivity contribution in [1.29, 1.82) is 0 Å². The molecule has 1 atom stereocenters. The van der Waals surface area contributed by atoms with Gasteiger partial charge in [0, 0.05) is 5.25 Å². The average Bonchev–Trinajstić information content (AvgIpc) is 2.60. The first-order valence-corrected chi connectivity index (χ1v) is 11.2. The van der Waals surface area contributed by atoms with Crippen LogP contribution in [0.4, 0.5) is 0 Å². The maximum absolute atomic E-state index is 11.4. The van der Waals surface area contributed by atoms with Crippen LogP contribution in [-0.2, 0) is 9.53 Å². The molecule has 0 N–H and O–H groups in total. The minimum absolute atomic E-state index is 0.0882. The summed E-state index contributed by atoms with van der Waals surface area (Å²) >= 11 is 1.80. The number of esters is 1. The smallest absolute Gasteiger partial charge is 0.315 e. The highest BCUT2D eigenvalue weighted by Crippen LogP contribution is 2.24. The van der Waals surface area contributed by atoms with Gasteiger partial charge in [0.05, 0.1) is 20.7 Å². The highest BCUT2D eigenvalue weighted by molar-refractivity contribution is 8.00. The van der Waals surface area contributed by atoms with Crippen LogP contribution in [0.3, 0.4) is 0 Å². The van der Waals surface area contributed by atoms with Gasteiger partial charge >= 0.3 is 5.97 Å². The van der Waals surface area contributed by atoms with E-state index in [-0.39, 0.29) is 5.97 Å². The molecule has 0 aromatic rings. The number of rotatable bonds is 18. The molecule has 140 valence electrons. The van der Waals surface area contributed by atoms with E-state index in [1.54, 1.807) is 11.8 Å². The van der Waals surface area contributed by atoms with Crippen molar-refractivity contribution in [3.63, 3.8) is 0 Å². The highest BCUT2D eigenvalue weighted by atomic mass is 32.2. The average molecular weight is 354 g/mol. The van der Waals surface area contributed by atoms with Crippen molar-refractivity contribution in [3.05, 3.63) is 0 Å². The Morgan fingerprint density at radius 3 is 1.88 bits per heavy atom. The molecule has 0 aromatic carbocycles. The summed E-state index contributed by atoms with van der Waals surface area (Å²) in [5.41, 5.74) is 0. The number of thioether (sulfide) groups is 1. The second-order valence-electron chi connectivity index (χ2n) is 6.76. The van der Waals surface area contributed by atoms with Crippen molar-refractivity contribution in [1.82, 2.24) is 0 Å². The first kappa shape index (κ1) is 23.9. The molecular weight excluding hydrogens is 315 g/mol. The molecule has 0 spiro atoms. The fourth-order valence-corrected chi connectivity index (χ4v) is 4.09. The molecule has 0 bridgehead atoms. The third-order valence-corrected chi connectivity index (χ3v) is 5.87. The lowest BCUT2D eigenvalue weighted by molar-refractivity contribution is -0.137. The van der Waals surface area contributed by atoms with Crippen molar-refractivity contribution in [2.24, 2.45) is 0 Å². The van der Waals surface area contributed by atoms with Gasteiger partial charge in [0.15, 0.2) is 0 Å². The van der Waals surface area contributed by atoms with E-state index in [9.17, 15) is 4.79 Å². The predicted molar refractivity (Wildman–Crippen MR) is 109 cm³/mol. The molecule has 2 radical (unpaired) electrons. The molecule has 0 saturated carbocycles. The van der Waals surface area contributed by atoms with Crippen molar-refractivity contribution in [3.8, 4) is 0 Å². The Morgan fingerprint density at radius 2 is 1.38 bits per heavy atom. The largest absolute Gasteiger partial charge is 0.468 e. The van der Waals surface area contributed by atoms with Crippen LogP contribution in [0.15, 0.2) is 0 Å². The van der Waals surface area contributed by atoms with Crippen molar-refractivity contribution < 1.29 is 9.53 Å². The van der Waals surface area contributed by atoms with Gasteiger partial charge in [-0.15, -0.1) is 11.8 Å². The Kier molecular flexibility index (Phi) is 19.1. The summed E-state index contributed by atoms with van der Waals surface area (Å²) in [6.45, 7) is 2.26. The van der Waals surface area contributed by atoms with Crippen LogP contribution in [0, 0.1) is 0 Å². The first-order chi connectivity index (χ1) is 11.7. The molecular formula is C20H39BO2S. The second kappa shape index (κ2) is 19.2. The Labute approximate surface area is 156 Å². The van der Waals surface area contributed by atoms with Gasteiger partial charge in [-0.3, -0.25) is 4.79 Å². The van der Waals surface area contributed by atoms with Gasteiger partial charge in [-0.05, 0) is 12.8 Å². The van der Waals surface area contributed by atoms with Crippen LogP contribution in [0.1, 0.15) is 96.8 Å². The van der Waals surface area contributed by atoms with E-state index in [2.05, 4.69) is 6.92 Å². The predicted octanol–water partition coefficient (Wildman–Crippen LogP) is 6.33. The Hall–Kier alpha value is -0.115. The van der Waals surface area contributed by atoms with Gasteiger partial charge in [-0.2, -0.15) is 0 Å². The normalized spacial score (nSPS) is 12.2. The summed E-state index contributed by atoms with van der Waals surface area (Å²) in [6, 6.07) is 0. The Bertz CT molecular complexity index is 274. The monoisotopic (exact) mass is 354 g/mol. The minimum Gasteiger partial charge on any atom is -0.468 e. The molecule has 0 aliphatic heterocycles. The van der Waals surface area contributed by atoms with E-state index in [1.165, 1.54) is 90.6 Å². The third-order valence-electron chi connectivity index (χ3n) is 4.52. The Morgan fingerprint density at radius 1 is 0.875 bits per heavy atom. The number of hydrogen-bond donors (Lipinski definition) is 0. The van der Waals surface area contributed by atoms with Crippen LogP contribution in [0.5, 0.6) is 0 Å². The van der Waals surface area contributed by atoms with E-state index < -0.39 is 0 Å². The van der Waals surface area contributed by atoms with Crippen LogP contribution < -0.4 is 0 Å². The highest BCUT2D eigenvalue weighted by Gasteiger charge is 2.12. The lowest BCUT2D eigenvalue weighted by Gasteiger charge is -2.16. The fourth-order valence-electron chi connectivity index (χ4n) is 2.93. The standard InChI is InChI=1S/C20H39BO2S/c1-3-4-5-6-9-12-15-19(24-18-20(22)23-2)16-13-10-7-8-11-14-17-21/h19H,3-18H2,1-2H3. The lowest BCUT2D eigenvalue weighted by atomic mass is 9.98. The topological polar surface area (TPSA) is 26.3 Å². The van der Waals surface area contributed by atoms with E-state index in [1.807, 2.05) is 0 Å². The lowest BCUT2D eigenvalue weighted by Crippen LogP contribution is -2.10. The number of hydrogen-bond acceptors (Lipinski definition) is 3. The molecule has 0 saturated heterocycles. The van der Waals surface area contributed by atoms with Gasteiger partial charge in [0.1, 0.15) is 0 Å². The molecule has 0 aromatic heterocycles. The van der Waals surface area contributed by atoms with E-state index in [0.29, 0.717) is 11.0 Å². The second-order valence-corrected chi connectivity index (χ2v) is 8.05. The summed E-state index contributed by atoms with van der Waals surface area (Å²) in [6.07, 6.45) is 19.1. The number of carbonyl (C=O) groups excluding carboxylic acids is 1. The van der Waals surface area contributed by atoms with Crippen LogP contribution in [-0.4, -0.2) is 31.9 Å². The van der Waals surface area contributed by atoms with E-state index in [0.717, 1.165) is 12.7 Å². The van der Waals surface area contributed by atoms with E-state index >= 15 is 0 Å². The number of ether oxygens (including phenoxy) is 1. The zero-order valence-corrected chi connectivity index (χ0v) is 17.0. The van der Waals surface area contributed by atoms with Gasteiger partial charge in [-0.25, -0.2) is 0 Å². The molecule has 0 rings (SSSR count). The van der Waals surface area contributed by atoms with Gasteiger partial charge < -0.3 is 4.74 Å². The van der Waals surface area contributed by atoms with Crippen LogP contribution >= 0.6 is 11.8 Å². The summed E-state index contributed by atoms with van der Waals surface area (Å²) in [7, 11) is 7.00. The molecule has 0 fully saturated rings. The van der Waals surface area contributed by atoms with Crippen molar-refractivity contribution in [2.45, 2.75) is 108 Å². The Balaban J connectivity index is 3.80. The summed E-state index contributed by atoms with van der Waals surface area (Å²) < 4.78 is 4.78. The maximum atomic E-state index is 11.4. The van der Waals surface area contributed by atoms with Crippen molar-refractivity contribution >= 4 is 25.6 Å². The molecule has 0 aliphatic rings. The minimum atomic E-state index is -0.0882. The molecule has 0 amide bonds. The fraction of sp³-hybridized carbons (Fsp3) is 0.950. The molecule has 0 aliphatic carbocycles. The maximum Gasteiger partial charge on any atom is 0.315 e. The number of carbonyl (C=O) groups is 1. The summed E-state index contributed by atoms with van der Waals surface area (Å²) in [5, 5.41) is 0.624. The van der Waals surface area contributed by atoms with E-state index in [4.69, 9.17) is 12.6 Å². The molecule has 4 heteroatoms. The quantitative estimate of drug-likeness (QED) is 0.163. The summed E-state index contributed by atoms with van der Waals surface area (Å²) in [5.74, 6) is 0.419. The zero-order chi connectivity index (χ0) is 17.9. The number of methoxy groups -OCH3 is 1. The SMILES string of the molecule is [B]CCCCCCCCC(CCCCCCCC)SCC(=O)OC. The van der Waals surface area contributed by atoms with Crippen LogP contribution in [0.25, 0.3) is 0 Å². The van der Waals surface area contributed by atoms with Gasteiger partial charge in [-0.1, -0.05) is 90.3 Å². The van der Waals surface area contributed by atoms with Gasteiger partial charge in [0.25, 0.3) is 0 Å². The zero-order valence-electron chi connectivity index (χ0n) is 16.2. The van der Waals surface area contributed by atoms with Crippen molar-refractivity contribution in [2.75, 3.05) is 12.9 Å². The third kappa shape index (κ3) is 16.7. The molecule has 0 heterocycles.